The molecule has 0 amide bonds. The number of hydrogen-bond donors (Lipinski definition) is 2. The van der Waals surface area contributed by atoms with Gasteiger partial charge < -0.3 is 10.0 Å². The zero-order valence-electron chi connectivity index (χ0n) is 22.4. The molecular weight excluding hydrogens is 429 g/mol. The lowest BCUT2D eigenvalue weighted by molar-refractivity contribution is -0.385. The molecule has 0 unspecified atom stereocenters. The largest absolute Gasteiger partial charge is 0.489 e. The van der Waals surface area contributed by atoms with E-state index in [1.54, 1.807) is 12.1 Å². The summed E-state index contributed by atoms with van der Waals surface area (Å²) in [6.45, 7) is 18.5. The Labute approximate surface area is 205 Å². The minimum absolute atomic E-state index is 0.00893. The number of nitro benzene ring substituents is 1. The molecule has 2 aliphatic heterocycles. The molecule has 0 radical (unpaired) electrons. The molecule has 0 saturated carbocycles. The van der Waals surface area contributed by atoms with Crippen molar-refractivity contribution in [3.8, 4) is 0 Å². The fourth-order valence-corrected chi connectivity index (χ4v) is 6.74. The standard InChI is InChI=1S/C26H44BN3O4/c1-23(2)11-9-12-24(3,4)28(23)17-19-15-21(30(33)34)16-20(22(19)27(31)32)18-29-25(5,6)13-10-14-26(29,7)8/h15-16,31-32H,9-14,17-18H2,1-8H3. The van der Waals surface area contributed by atoms with Gasteiger partial charge in [-0.3, -0.25) is 19.9 Å². The van der Waals surface area contributed by atoms with Gasteiger partial charge in [-0.1, -0.05) is 0 Å². The minimum Gasteiger partial charge on any atom is -0.423 e. The maximum absolute atomic E-state index is 11.9. The van der Waals surface area contributed by atoms with Crippen LogP contribution in [0, 0.1) is 10.1 Å². The Balaban J connectivity index is 2.13. The Bertz CT molecular complexity index is 834. The molecule has 1 aromatic carbocycles. The molecule has 0 spiro atoms. The average molecular weight is 473 g/mol. The first kappa shape index (κ1) is 27.1. The van der Waals surface area contributed by atoms with Crippen LogP contribution in [-0.4, -0.2) is 54.0 Å². The highest BCUT2D eigenvalue weighted by atomic mass is 16.6. The molecule has 0 aliphatic carbocycles. The number of likely N-dealkylation sites (tertiary alicyclic amines) is 2. The summed E-state index contributed by atoms with van der Waals surface area (Å²) in [5.74, 6) is 0. The number of nitro groups is 1. The van der Waals surface area contributed by atoms with Crippen LogP contribution >= 0.6 is 0 Å². The van der Waals surface area contributed by atoms with Gasteiger partial charge in [-0.25, -0.2) is 0 Å². The van der Waals surface area contributed by atoms with Gasteiger partial charge in [0.1, 0.15) is 0 Å². The van der Waals surface area contributed by atoms with Crippen LogP contribution in [0.15, 0.2) is 12.1 Å². The zero-order chi connectivity index (χ0) is 25.7. The number of benzene rings is 1. The van der Waals surface area contributed by atoms with E-state index in [1.165, 1.54) is 0 Å². The molecule has 2 N–H and O–H groups in total. The van der Waals surface area contributed by atoms with Crippen LogP contribution in [0.2, 0.25) is 0 Å². The lowest BCUT2D eigenvalue weighted by atomic mass is 9.71. The Morgan fingerprint density at radius 1 is 0.794 bits per heavy atom. The summed E-state index contributed by atoms with van der Waals surface area (Å²) in [6.07, 6.45) is 6.39. The van der Waals surface area contributed by atoms with Gasteiger partial charge in [0.05, 0.1) is 4.92 Å². The molecule has 0 aromatic heterocycles. The van der Waals surface area contributed by atoms with E-state index in [2.05, 4.69) is 65.2 Å². The van der Waals surface area contributed by atoms with Crippen molar-refractivity contribution in [1.82, 2.24) is 9.80 Å². The molecule has 0 bridgehead atoms. The second-order valence-electron chi connectivity index (χ2n) is 12.9. The first-order valence-electron chi connectivity index (χ1n) is 12.7. The van der Waals surface area contributed by atoms with Crippen molar-refractivity contribution in [2.24, 2.45) is 0 Å². The van der Waals surface area contributed by atoms with Crippen molar-refractivity contribution in [1.29, 1.82) is 0 Å². The minimum atomic E-state index is -1.70. The molecule has 7 nitrogen and oxygen atoms in total. The molecule has 2 heterocycles. The summed E-state index contributed by atoms with van der Waals surface area (Å²) < 4.78 is 0. The van der Waals surface area contributed by atoms with Gasteiger partial charge in [0, 0.05) is 47.4 Å². The molecule has 3 rings (SSSR count). The van der Waals surface area contributed by atoms with Crippen LogP contribution in [-0.2, 0) is 13.1 Å². The highest BCUT2D eigenvalue weighted by molar-refractivity contribution is 6.59. The van der Waals surface area contributed by atoms with E-state index in [0.29, 0.717) is 29.7 Å². The summed E-state index contributed by atoms with van der Waals surface area (Å²) >= 11 is 0. The van der Waals surface area contributed by atoms with Gasteiger partial charge in [0.15, 0.2) is 0 Å². The van der Waals surface area contributed by atoms with Crippen LogP contribution in [0.5, 0.6) is 0 Å². The van der Waals surface area contributed by atoms with E-state index in [1.807, 2.05) is 0 Å². The number of hydrogen-bond acceptors (Lipinski definition) is 6. The number of non-ortho nitro benzene ring substituents is 1. The van der Waals surface area contributed by atoms with Crippen molar-refractivity contribution in [2.75, 3.05) is 0 Å². The summed E-state index contributed by atoms with van der Waals surface area (Å²) in [7, 11) is -1.70. The first-order chi connectivity index (χ1) is 15.5. The SMILES string of the molecule is CC1(C)CCCC(C)(C)N1Cc1cc([N+](=O)[O-])cc(CN2C(C)(C)CCCC2(C)C)c1B(O)O. The molecule has 1 aromatic rings. The normalized spacial score (nSPS) is 24.1. The third-order valence-corrected chi connectivity index (χ3v) is 8.54. The topological polar surface area (TPSA) is 90.1 Å². The second kappa shape index (κ2) is 9.19. The molecule has 8 heteroatoms. The quantitative estimate of drug-likeness (QED) is 0.363. The second-order valence-corrected chi connectivity index (χ2v) is 12.9. The third-order valence-electron chi connectivity index (χ3n) is 8.54. The Morgan fingerprint density at radius 3 is 1.38 bits per heavy atom. The summed E-state index contributed by atoms with van der Waals surface area (Å²) in [5, 5.41) is 33.0. The Hall–Kier alpha value is -1.48. The lowest BCUT2D eigenvalue weighted by Crippen LogP contribution is -2.59. The van der Waals surface area contributed by atoms with Crippen LogP contribution in [0.4, 0.5) is 5.69 Å². The number of nitrogens with zero attached hydrogens (tertiary/aromatic N) is 3. The van der Waals surface area contributed by atoms with E-state index in [0.717, 1.165) is 38.5 Å². The van der Waals surface area contributed by atoms with Crippen molar-refractivity contribution in [2.45, 2.75) is 129 Å². The fourth-order valence-electron chi connectivity index (χ4n) is 6.74. The van der Waals surface area contributed by atoms with Gasteiger partial charge in [-0.2, -0.15) is 0 Å². The monoisotopic (exact) mass is 473 g/mol. The average Bonchev–Trinajstić information content (AvgIpc) is 2.66. The van der Waals surface area contributed by atoms with Gasteiger partial charge in [0.25, 0.3) is 5.69 Å². The first-order valence-corrected chi connectivity index (χ1v) is 12.7. The molecule has 0 atom stereocenters. The molecule has 2 fully saturated rings. The summed E-state index contributed by atoms with van der Waals surface area (Å²) in [6, 6.07) is 3.09. The van der Waals surface area contributed by atoms with Gasteiger partial charge in [-0.15, -0.1) is 0 Å². The van der Waals surface area contributed by atoms with Crippen LogP contribution in [0.3, 0.4) is 0 Å². The van der Waals surface area contributed by atoms with Gasteiger partial charge >= 0.3 is 7.12 Å². The predicted molar refractivity (Wildman–Crippen MR) is 138 cm³/mol. The van der Waals surface area contributed by atoms with Crippen LogP contribution < -0.4 is 5.46 Å². The summed E-state index contributed by atoms with van der Waals surface area (Å²) in [4.78, 5) is 16.3. The Kier molecular flexibility index (Phi) is 7.33. The van der Waals surface area contributed by atoms with Crippen LogP contribution in [0.25, 0.3) is 0 Å². The van der Waals surface area contributed by atoms with E-state index in [-0.39, 0.29) is 32.8 Å². The van der Waals surface area contributed by atoms with E-state index in [4.69, 9.17) is 0 Å². The van der Waals surface area contributed by atoms with Gasteiger partial charge in [0.2, 0.25) is 0 Å². The smallest absolute Gasteiger partial charge is 0.423 e. The Morgan fingerprint density at radius 2 is 1.12 bits per heavy atom. The predicted octanol–water partition coefficient (Wildman–Crippen LogP) is 4.36. The molecule has 2 saturated heterocycles. The van der Waals surface area contributed by atoms with E-state index >= 15 is 0 Å². The molecular formula is C26H44BN3O4. The third kappa shape index (κ3) is 5.35. The molecule has 190 valence electrons. The summed E-state index contributed by atoms with van der Waals surface area (Å²) in [5.41, 5.74) is 1.31. The highest BCUT2D eigenvalue weighted by Crippen LogP contribution is 2.41. The number of rotatable bonds is 6. The molecule has 34 heavy (non-hydrogen) atoms. The molecule has 2 aliphatic rings. The van der Waals surface area contributed by atoms with E-state index in [9.17, 15) is 20.2 Å². The van der Waals surface area contributed by atoms with Crippen LogP contribution in [0.1, 0.15) is 105 Å². The van der Waals surface area contributed by atoms with Crippen molar-refractivity contribution in [3.05, 3.63) is 33.4 Å². The van der Waals surface area contributed by atoms with Crippen molar-refractivity contribution >= 4 is 18.3 Å². The lowest BCUT2D eigenvalue weighted by Gasteiger charge is -2.54. The van der Waals surface area contributed by atoms with E-state index < -0.39 is 7.12 Å². The van der Waals surface area contributed by atoms with Gasteiger partial charge in [-0.05, 0) is 111 Å². The maximum atomic E-state index is 11.9. The van der Waals surface area contributed by atoms with Crippen molar-refractivity contribution in [3.63, 3.8) is 0 Å². The highest BCUT2D eigenvalue weighted by Gasteiger charge is 2.44. The van der Waals surface area contributed by atoms with Crippen molar-refractivity contribution < 1.29 is 15.0 Å². The fraction of sp³-hybridized carbons (Fsp3) is 0.769. The maximum Gasteiger partial charge on any atom is 0.489 e. The number of piperidine rings is 2. The zero-order valence-corrected chi connectivity index (χ0v) is 22.4.